The fourth-order valence-electron chi connectivity index (χ4n) is 3.49. The van der Waals surface area contributed by atoms with Gasteiger partial charge in [0.1, 0.15) is 11.5 Å². The Hall–Kier alpha value is -2.61. The van der Waals surface area contributed by atoms with Gasteiger partial charge in [-0.1, -0.05) is 25.4 Å². The molecule has 8 nitrogen and oxygen atoms in total. The highest BCUT2D eigenvalue weighted by molar-refractivity contribution is 6.34. The Morgan fingerprint density at radius 2 is 2.11 bits per heavy atom. The molecular formula is C18H21ClN4O4. The second-order valence-electron chi connectivity index (χ2n) is 6.82. The normalized spacial score (nSPS) is 13.6. The van der Waals surface area contributed by atoms with Crippen LogP contribution in [0, 0.1) is 10.1 Å². The average molecular weight is 393 g/mol. The molecule has 27 heavy (non-hydrogen) atoms. The van der Waals surface area contributed by atoms with Gasteiger partial charge in [0.25, 0.3) is 5.69 Å². The fraction of sp³-hybridized carbons (Fsp3) is 0.444. The van der Waals surface area contributed by atoms with Crippen molar-refractivity contribution in [3.63, 3.8) is 0 Å². The molecule has 2 aromatic rings. The van der Waals surface area contributed by atoms with Crippen molar-refractivity contribution in [2.75, 3.05) is 18.6 Å². The Morgan fingerprint density at radius 1 is 1.41 bits per heavy atom. The topological polar surface area (TPSA) is 90.5 Å². The average Bonchev–Trinajstić information content (AvgIpc) is 2.97. The van der Waals surface area contributed by atoms with E-state index in [1.807, 2.05) is 11.9 Å². The fourth-order valence-corrected chi connectivity index (χ4v) is 3.72. The lowest BCUT2D eigenvalue weighted by molar-refractivity contribution is -0.384. The summed E-state index contributed by atoms with van der Waals surface area (Å²) < 4.78 is 6.76. The summed E-state index contributed by atoms with van der Waals surface area (Å²) in [7, 11) is 3.21. The Kier molecular flexibility index (Phi) is 5.10. The molecule has 3 rings (SSSR count). The lowest BCUT2D eigenvalue weighted by Gasteiger charge is -2.28. The van der Waals surface area contributed by atoms with E-state index in [0.717, 1.165) is 23.6 Å². The molecule has 0 unspecified atom stereocenters. The number of nitro groups is 1. The van der Waals surface area contributed by atoms with E-state index >= 15 is 0 Å². The van der Waals surface area contributed by atoms with Crippen LogP contribution < -0.4 is 4.90 Å². The Morgan fingerprint density at radius 3 is 2.70 bits per heavy atom. The van der Waals surface area contributed by atoms with E-state index in [1.54, 1.807) is 0 Å². The lowest BCUT2D eigenvalue weighted by Crippen LogP contribution is -2.31. The van der Waals surface area contributed by atoms with Crippen LogP contribution in [0.5, 0.6) is 0 Å². The summed E-state index contributed by atoms with van der Waals surface area (Å²) in [5.41, 5.74) is 2.24. The minimum atomic E-state index is -0.707. The van der Waals surface area contributed by atoms with Crippen LogP contribution in [0.25, 0.3) is 0 Å². The molecule has 0 spiro atoms. The number of rotatable bonds is 4. The number of aromatic nitrogens is 2. The molecule has 0 radical (unpaired) electrons. The van der Waals surface area contributed by atoms with Crippen molar-refractivity contribution >= 4 is 28.9 Å². The number of carbonyl (C=O) groups excluding carboxylic acids is 1. The van der Waals surface area contributed by atoms with Crippen LogP contribution in [0.4, 0.5) is 11.4 Å². The molecule has 0 N–H and O–H groups in total. The maximum absolute atomic E-state index is 11.8. The number of benzene rings is 1. The maximum atomic E-state index is 11.8. The molecule has 0 saturated carbocycles. The van der Waals surface area contributed by atoms with Gasteiger partial charge in [-0.3, -0.25) is 10.1 Å². The van der Waals surface area contributed by atoms with E-state index in [0.29, 0.717) is 18.8 Å². The van der Waals surface area contributed by atoms with Gasteiger partial charge < -0.3 is 14.2 Å². The highest BCUT2D eigenvalue weighted by atomic mass is 35.5. The van der Waals surface area contributed by atoms with E-state index in [9.17, 15) is 14.9 Å². The first-order valence-corrected chi connectivity index (χ1v) is 8.98. The van der Waals surface area contributed by atoms with E-state index in [-0.39, 0.29) is 22.2 Å². The van der Waals surface area contributed by atoms with Gasteiger partial charge in [-0.15, -0.1) is 0 Å². The number of hydrogen-bond donors (Lipinski definition) is 0. The third-order valence-electron chi connectivity index (χ3n) is 4.81. The first kappa shape index (κ1) is 19.2. The summed E-state index contributed by atoms with van der Waals surface area (Å²) in [6.07, 6.45) is 0.721. The number of methoxy groups -OCH3 is 1. The largest absolute Gasteiger partial charge is 0.465 e. The summed E-state index contributed by atoms with van der Waals surface area (Å²) in [5.74, 6) is 0.578. The predicted octanol–water partition coefficient (Wildman–Crippen LogP) is 3.45. The smallest absolute Gasteiger partial charge is 0.339 e. The van der Waals surface area contributed by atoms with Crippen molar-refractivity contribution in [3.8, 4) is 0 Å². The van der Waals surface area contributed by atoms with Gasteiger partial charge in [-0.25, -0.2) is 9.78 Å². The van der Waals surface area contributed by atoms with E-state index < -0.39 is 10.9 Å². The number of halogens is 1. The number of ether oxygens (including phenoxy) is 1. The van der Waals surface area contributed by atoms with E-state index in [4.69, 9.17) is 16.6 Å². The van der Waals surface area contributed by atoms with Gasteiger partial charge in [0.05, 0.1) is 34.9 Å². The number of hydrogen-bond acceptors (Lipinski definition) is 6. The van der Waals surface area contributed by atoms with Gasteiger partial charge in [0.15, 0.2) is 0 Å². The molecule has 1 aliphatic heterocycles. The van der Waals surface area contributed by atoms with Crippen LogP contribution >= 0.6 is 11.6 Å². The molecule has 1 aliphatic rings. The molecule has 9 heteroatoms. The van der Waals surface area contributed by atoms with Gasteiger partial charge in [-0.2, -0.15) is 0 Å². The van der Waals surface area contributed by atoms with Gasteiger partial charge in [-0.05, 0) is 6.07 Å². The van der Waals surface area contributed by atoms with Gasteiger partial charge in [0, 0.05) is 37.7 Å². The van der Waals surface area contributed by atoms with Crippen LogP contribution in [0.15, 0.2) is 12.1 Å². The van der Waals surface area contributed by atoms with Crippen LogP contribution in [-0.2, 0) is 24.8 Å². The molecular weight excluding hydrogens is 372 g/mol. The van der Waals surface area contributed by atoms with Crippen molar-refractivity contribution < 1.29 is 14.5 Å². The number of nitrogens with zero attached hydrogens (tertiary/aromatic N) is 4. The summed E-state index contributed by atoms with van der Waals surface area (Å²) in [4.78, 5) is 29.5. The van der Waals surface area contributed by atoms with Crippen molar-refractivity contribution in [2.24, 2.45) is 7.05 Å². The molecule has 0 fully saturated rings. The molecule has 0 atom stereocenters. The summed E-state index contributed by atoms with van der Waals surface area (Å²) in [6, 6.07) is 2.64. The van der Waals surface area contributed by atoms with Crippen LogP contribution in [-0.4, -0.2) is 34.1 Å². The van der Waals surface area contributed by atoms with Gasteiger partial charge in [0.2, 0.25) is 0 Å². The van der Waals surface area contributed by atoms with E-state index in [2.05, 4.69) is 23.2 Å². The Balaban J connectivity index is 2.02. The molecule has 1 aromatic heterocycles. The van der Waals surface area contributed by atoms with E-state index in [1.165, 1.54) is 19.2 Å². The molecule has 1 aromatic carbocycles. The zero-order valence-corrected chi connectivity index (χ0v) is 16.4. The Labute approximate surface area is 161 Å². The first-order chi connectivity index (χ1) is 12.7. The van der Waals surface area contributed by atoms with Crippen LogP contribution in [0.2, 0.25) is 5.02 Å². The quantitative estimate of drug-likeness (QED) is 0.449. The molecule has 144 valence electrons. The summed E-state index contributed by atoms with van der Waals surface area (Å²) >= 11 is 6.20. The standard InChI is InChI=1S/C18H21ClN4O4/c1-10(2)17-20-13-9-22(6-5-14(13)21(17)3)15-8-12(19)11(18(24)27-4)7-16(15)23(25)26/h7-8,10H,5-6,9H2,1-4H3. The number of nitro benzene ring substituents is 1. The molecule has 0 amide bonds. The number of esters is 1. The Bertz CT molecular complexity index is 923. The first-order valence-electron chi connectivity index (χ1n) is 8.60. The van der Waals surface area contributed by atoms with Crippen molar-refractivity contribution in [2.45, 2.75) is 32.7 Å². The minimum Gasteiger partial charge on any atom is -0.465 e. The van der Waals surface area contributed by atoms with Crippen LogP contribution in [0.1, 0.15) is 47.3 Å². The number of imidazole rings is 1. The second-order valence-corrected chi connectivity index (χ2v) is 7.23. The van der Waals surface area contributed by atoms with Crippen molar-refractivity contribution in [1.82, 2.24) is 9.55 Å². The monoisotopic (exact) mass is 392 g/mol. The number of carbonyl (C=O) groups is 1. The van der Waals surface area contributed by atoms with Crippen molar-refractivity contribution in [1.29, 1.82) is 0 Å². The highest BCUT2D eigenvalue weighted by Crippen LogP contribution is 2.37. The third kappa shape index (κ3) is 3.37. The molecule has 0 bridgehead atoms. The lowest BCUT2D eigenvalue weighted by atomic mass is 10.1. The molecule has 0 aliphatic carbocycles. The summed E-state index contributed by atoms with van der Waals surface area (Å²) in [5, 5.41) is 11.7. The zero-order chi connectivity index (χ0) is 19.9. The second kappa shape index (κ2) is 7.19. The minimum absolute atomic E-state index is 0.0211. The maximum Gasteiger partial charge on any atom is 0.339 e. The highest BCUT2D eigenvalue weighted by Gasteiger charge is 2.29. The van der Waals surface area contributed by atoms with Gasteiger partial charge >= 0.3 is 5.97 Å². The molecule has 0 saturated heterocycles. The summed E-state index contributed by atoms with van der Waals surface area (Å²) in [6.45, 7) is 5.22. The SMILES string of the molecule is COC(=O)c1cc([N+](=O)[O-])c(N2CCc3c(nc(C(C)C)n3C)C2)cc1Cl. The number of anilines is 1. The van der Waals surface area contributed by atoms with Crippen LogP contribution in [0.3, 0.4) is 0 Å². The molecule has 2 heterocycles. The predicted molar refractivity (Wildman–Crippen MR) is 101 cm³/mol. The number of fused-ring (bicyclic) bond motifs is 1. The zero-order valence-electron chi connectivity index (χ0n) is 15.7. The van der Waals surface area contributed by atoms with Crippen molar-refractivity contribution in [3.05, 3.63) is 50.0 Å². The third-order valence-corrected chi connectivity index (χ3v) is 5.13.